The third-order valence-electron chi connectivity index (χ3n) is 2.28. The van der Waals surface area contributed by atoms with Gasteiger partial charge in [-0.05, 0) is 24.1 Å². The van der Waals surface area contributed by atoms with Gasteiger partial charge in [0, 0.05) is 10.9 Å². The van der Waals surface area contributed by atoms with Crippen LogP contribution in [0.5, 0.6) is 0 Å². The lowest BCUT2D eigenvalue weighted by molar-refractivity contribution is -0.119. The summed E-state index contributed by atoms with van der Waals surface area (Å²) >= 11 is 3.38. The molecular formula is C12H16BrNO. The average molecular weight is 270 g/mol. The highest BCUT2D eigenvalue weighted by molar-refractivity contribution is 9.10. The molecule has 0 amide bonds. The van der Waals surface area contributed by atoms with Crippen molar-refractivity contribution in [3.63, 3.8) is 0 Å². The third-order valence-corrected chi connectivity index (χ3v) is 2.77. The van der Waals surface area contributed by atoms with Crippen LogP contribution in [0.25, 0.3) is 0 Å². The average Bonchev–Trinajstić information content (AvgIpc) is 2.18. The molecule has 0 aliphatic carbocycles. The highest BCUT2D eigenvalue weighted by Crippen LogP contribution is 2.13. The number of halogens is 1. The minimum Gasteiger partial charge on any atom is -0.321 e. The summed E-state index contributed by atoms with van der Waals surface area (Å²) in [5, 5.41) is 0. The van der Waals surface area contributed by atoms with Crippen LogP contribution in [0.4, 0.5) is 0 Å². The Balaban J connectivity index is 2.58. The van der Waals surface area contributed by atoms with Crippen molar-refractivity contribution in [2.24, 2.45) is 5.73 Å². The first kappa shape index (κ1) is 12.4. The zero-order valence-electron chi connectivity index (χ0n) is 8.87. The second-order valence-electron chi connectivity index (χ2n) is 3.67. The summed E-state index contributed by atoms with van der Waals surface area (Å²) in [7, 11) is 0. The van der Waals surface area contributed by atoms with Gasteiger partial charge in [0.2, 0.25) is 0 Å². The molecule has 0 aliphatic rings. The summed E-state index contributed by atoms with van der Waals surface area (Å²) in [5.74, 6) is 0.120. The van der Waals surface area contributed by atoms with Gasteiger partial charge in [-0.3, -0.25) is 4.79 Å². The second-order valence-corrected chi connectivity index (χ2v) is 4.58. The Bertz CT molecular complexity index is 338. The third kappa shape index (κ3) is 4.14. The minimum atomic E-state index is -0.311. The first-order valence-corrected chi connectivity index (χ1v) is 5.95. The van der Waals surface area contributed by atoms with E-state index < -0.39 is 0 Å². The SMILES string of the molecule is CCCC(N)C(=O)Cc1cccc(Br)c1. The van der Waals surface area contributed by atoms with E-state index in [2.05, 4.69) is 15.9 Å². The zero-order valence-corrected chi connectivity index (χ0v) is 10.5. The van der Waals surface area contributed by atoms with Gasteiger partial charge in [-0.15, -0.1) is 0 Å². The Labute approximate surface area is 99.0 Å². The van der Waals surface area contributed by atoms with Crippen molar-refractivity contribution in [1.29, 1.82) is 0 Å². The van der Waals surface area contributed by atoms with E-state index in [4.69, 9.17) is 5.73 Å². The maximum absolute atomic E-state index is 11.7. The van der Waals surface area contributed by atoms with E-state index in [0.717, 1.165) is 22.9 Å². The Morgan fingerprint density at radius 1 is 1.53 bits per heavy atom. The predicted molar refractivity (Wildman–Crippen MR) is 65.7 cm³/mol. The molecule has 1 rings (SSSR count). The molecule has 15 heavy (non-hydrogen) atoms. The lowest BCUT2D eigenvalue weighted by Gasteiger charge is -2.08. The first-order valence-electron chi connectivity index (χ1n) is 5.16. The molecule has 1 aromatic carbocycles. The largest absolute Gasteiger partial charge is 0.321 e. The fourth-order valence-corrected chi connectivity index (χ4v) is 1.90. The Kier molecular flexibility index (Phi) is 4.99. The summed E-state index contributed by atoms with van der Waals surface area (Å²) in [6.07, 6.45) is 2.15. The molecule has 2 nitrogen and oxygen atoms in total. The number of hydrogen-bond donors (Lipinski definition) is 1. The van der Waals surface area contributed by atoms with Crippen molar-refractivity contribution in [1.82, 2.24) is 0 Å². The van der Waals surface area contributed by atoms with E-state index in [1.807, 2.05) is 31.2 Å². The lowest BCUT2D eigenvalue weighted by atomic mass is 10.0. The summed E-state index contributed by atoms with van der Waals surface area (Å²) < 4.78 is 0.997. The molecule has 0 spiro atoms. The number of carbonyl (C=O) groups is 1. The molecule has 0 fully saturated rings. The van der Waals surface area contributed by atoms with Crippen molar-refractivity contribution in [2.75, 3.05) is 0 Å². The van der Waals surface area contributed by atoms with Crippen LogP contribution in [-0.2, 0) is 11.2 Å². The van der Waals surface area contributed by atoms with Gasteiger partial charge in [0.15, 0.2) is 5.78 Å². The summed E-state index contributed by atoms with van der Waals surface area (Å²) in [6.45, 7) is 2.03. The van der Waals surface area contributed by atoms with Crippen LogP contribution in [0.2, 0.25) is 0 Å². The van der Waals surface area contributed by atoms with E-state index in [-0.39, 0.29) is 11.8 Å². The van der Waals surface area contributed by atoms with Crippen LogP contribution in [-0.4, -0.2) is 11.8 Å². The Hall–Kier alpha value is -0.670. The molecule has 2 N–H and O–H groups in total. The number of rotatable bonds is 5. The van der Waals surface area contributed by atoms with E-state index in [9.17, 15) is 4.79 Å². The van der Waals surface area contributed by atoms with Gasteiger partial charge in [0.25, 0.3) is 0 Å². The van der Waals surface area contributed by atoms with Crippen molar-refractivity contribution in [3.8, 4) is 0 Å². The zero-order chi connectivity index (χ0) is 11.3. The molecule has 1 unspecified atom stereocenters. The number of carbonyl (C=O) groups excluding carboxylic acids is 1. The van der Waals surface area contributed by atoms with Crippen LogP contribution < -0.4 is 5.73 Å². The summed E-state index contributed by atoms with van der Waals surface area (Å²) in [5.41, 5.74) is 6.77. The van der Waals surface area contributed by atoms with Crippen LogP contribution in [0.15, 0.2) is 28.7 Å². The topological polar surface area (TPSA) is 43.1 Å². The molecule has 3 heteroatoms. The standard InChI is InChI=1S/C12H16BrNO/c1-2-4-11(14)12(15)8-9-5-3-6-10(13)7-9/h3,5-7,11H,2,4,8,14H2,1H3. The van der Waals surface area contributed by atoms with Gasteiger partial charge in [0.05, 0.1) is 6.04 Å². The van der Waals surface area contributed by atoms with Crippen molar-refractivity contribution < 1.29 is 4.79 Å². The van der Waals surface area contributed by atoms with Gasteiger partial charge < -0.3 is 5.73 Å². The van der Waals surface area contributed by atoms with Crippen molar-refractivity contribution >= 4 is 21.7 Å². The number of ketones is 1. The van der Waals surface area contributed by atoms with Crippen molar-refractivity contribution in [2.45, 2.75) is 32.2 Å². The smallest absolute Gasteiger partial charge is 0.153 e. The highest BCUT2D eigenvalue weighted by Gasteiger charge is 2.12. The fraction of sp³-hybridized carbons (Fsp3) is 0.417. The Morgan fingerprint density at radius 3 is 2.87 bits per heavy atom. The van der Waals surface area contributed by atoms with E-state index in [1.165, 1.54) is 0 Å². The van der Waals surface area contributed by atoms with Gasteiger partial charge in [-0.25, -0.2) is 0 Å². The van der Waals surface area contributed by atoms with E-state index in [0.29, 0.717) is 6.42 Å². The quantitative estimate of drug-likeness (QED) is 0.893. The number of Topliss-reactive ketones (excluding diaryl/α,β-unsaturated/α-hetero) is 1. The highest BCUT2D eigenvalue weighted by atomic mass is 79.9. The van der Waals surface area contributed by atoms with Crippen LogP contribution in [0.3, 0.4) is 0 Å². The van der Waals surface area contributed by atoms with Crippen LogP contribution in [0, 0.1) is 0 Å². The van der Waals surface area contributed by atoms with Crippen LogP contribution >= 0.6 is 15.9 Å². The number of nitrogens with two attached hydrogens (primary N) is 1. The number of hydrogen-bond acceptors (Lipinski definition) is 2. The second kappa shape index (κ2) is 6.03. The van der Waals surface area contributed by atoms with Crippen LogP contribution in [0.1, 0.15) is 25.3 Å². The first-order chi connectivity index (χ1) is 7.13. The molecule has 0 radical (unpaired) electrons. The maximum Gasteiger partial charge on any atom is 0.153 e. The molecule has 1 aromatic rings. The van der Waals surface area contributed by atoms with Gasteiger partial charge in [-0.1, -0.05) is 41.4 Å². The molecule has 82 valence electrons. The van der Waals surface area contributed by atoms with Gasteiger partial charge in [0.1, 0.15) is 0 Å². The molecule has 0 heterocycles. The molecular weight excluding hydrogens is 254 g/mol. The van der Waals surface area contributed by atoms with Crippen molar-refractivity contribution in [3.05, 3.63) is 34.3 Å². The summed E-state index contributed by atoms with van der Waals surface area (Å²) in [6, 6.07) is 7.46. The minimum absolute atomic E-state index is 0.120. The molecule has 0 saturated heterocycles. The fourth-order valence-electron chi connectivity index (χ4n) is 1.45. The predicted octanol–water partition coefficient (Wildman–Crippen LogP) is 2.69. The van der Waals surface area contributed by atoms with E-state index >= 15 is 0 Å². The molecule has 0 aromatic heterocycles. The molecule has 0 aliphatic heterocycles. The lowest BCUT2D eigenvalue weighted by Crippen LogP contribution is -2.31. The summed E-state index contributed by atoms with van der Waals surface area (Å²) in [4.78, 5) is 11.7. The maximum atomic E-state index is 11.7. The Morgan fingerprint density at radius 2 is 2.27 bits per heavy atom. The van der Waals surface area contributed by atoms with Gasteiger partial charge >= 0.3 is 0 Å². The monoisotopic (exact) mass is 269 g/mol. The van der Waals surface area contributed by atoms with Gasteiger partial charge in [-0.2, -0.15) is 0 Å². The molecule has 1 atom stereocenters. The molecule has 0 bridgehead atoms. The van der Waals surface area contributed by atoms with E-state index in [1.54, 1.807) is 0 Å². The molecule has 0 saturated carbocycles. The number of benzene rings is 1. The normalized spacial score (nSPS) is 12.5.